The lowest BCUT2D eigenvalue weighted by Gasteiger charge is -2.29. The molecule has 0 unspecified atom stereocenters. The SMILES string of the molecule is Cc1ccc2[nH]c(C(O)(c3ccccc3)c3ccccc3)c(/C=C/c3ccccc3)c2c1. The van der Waals surface area contributed by atoms with Gasteiger partial charge in [0.05, 0.1) is 5.69 Å². The number of hydrogen-bond acceptors (Lipinski definition) is 1. The highest BCUT2D eigenvalue weighted by Crippen LogP contribution is 2.41. The topological polar surface area (TPSA) is 36.0 Å². The Balaban J connectivity index is 1.80. The highest BCUT2D eigenvalue weighted by molar-refractivity contribution is 5.94. The van der Waals surface area contributed by atoms with Gasteiger partial charge >= 0.3 is 0 Å². The summed E-state index contributed by atoms with van der Waals surface area (Å²) in [6.45, 7) is 2.09. The third-order valence-electron chi connectivity index (χ3n) is 5.98. The van der Waals surface area contributed by atoms with Crippen molar-refractivity contribution in [2.24, 2.45) is 0 Å². The fraction of sp³-hybridized carbons (Fsp3) is 0.0667. The Labute approximate surface area is 188 Å². The molecule has 2 nitrogen and oxygen atoms in total. The molecule has 1 heterocycles. The molecule has 2 N–H and O–H groups in total. The molecule has 0 atom stereocenters. The first-order valence-electron chi connectivity index (χ1n) is 10.9. The van der Waals surface area contributed by atoms with Crippen LogP contribution in [-0.4, -0.2) is 10.1 Å². The van der Waals surface area contributed by atoms with Gasteiger partial charge in [0.2, 0.25) is 0 Å². The van der Waals surface area contributed by atoms with Crippen molar-refractivity contribution >= 4 is 23.1 Å². The van der Waals surface area contributed by atoms with Crippen LogP contribution in [0.2, 0.25) is 0 Å². The fourth-order valence-electron chi connectivity index (χ4n) is 4.34. The number of nitrogens with one attached hydrogen (secondary N) is 1. The first kappa shape index (κ1) is 20.0. The lowest BCUT2D eigenvalue weighted by molar-refractivity contribution is 0.121. The average molecular weight is 416 g/mol. The Morgan fingerprint density at radius 2 is 1.25 bits per heavy atom. The number of aliphatic hydroxyl groups is 1. The summed E-state index contributed by atoms with van der Waals surface area (Å²) in [6, 6.07) is 36.3. The van der Waals surface area contributed by atoms with Gasteiger partial charge in [-0.15, -0.1) is 0 Å². The highest BCUT2D eigenvalue weighted by Gasteiger charge is 2.37. The van der Waals surface area contributed by atoms with Gasteiger partial charge < -0.3 is 10.1 Å². The average Bonchev–Trinajstić information content (AvgIpc) is 3.22. The Hall–Kier alpha value is -3.88. The van der Waals surface area contributed by atoms with Gasteiger partial charge in [-0.05, 0) is 35.7 Å². The van der Waals surface area contributed by atoms with Crippen molar-refractivity contribution in [2.75, 3.05) is 0 Å². The third-order valence-corrected chi connectivity index (χ3v) is 5.98. The maximum absolute atomic E-state index is 12.4. The van der Waals surface area contributed by atoms with Crippen LogP contribution in [0, 0.1) is 6.92 Å². The van der Waals surface area contributed by atoms with E-state index in [1.165, 1.54) is 5.56 Å². The molecule has 0 fully saturated rings. The summed E-state index contributed by atoms with van der Waals surface area (Å²) in [5.41, 5.74) is 5.37. The minimum absolute atomic E-state index is 0.766. The summed E-state index contributed by atoms with van der Waals surface area (Å²) in [6.07, 6.45) is 4.21. The molecular formula is C30H25NO. The van der Waals surface area contributed by atoms with Crippen LogP contribution >= 0.6 is 0 Å². The molecule has 2 heteroatoms. The Morgan fingerprint density at radius 3 is 1.84 bits per heavy atom. The number of aromatic nitrogens is 1. The van der Waals surface area contributed by atoms with E-state index in [4.69, 9.17) is 0 Å². The number of aryl methyl sites for hydroxylation is 1. The van der Waals surface area contributed by atoms with Gasteiger partial charge in [-0.1, -0.05) is 115 Å². The quantitative estimate of drug-likeness (QED) is 0.321. The van der Waals surface area contributed by atoms with Crippen molar-refractivity contribution in [3.63, 3.8) is 0 Å². The van der Waals surface area contributed by atoms with Crippen LogP contribution < -0.4 is 0 Å². The van der Waals surface area contributed by atoms with Crippen molar-refractivity contribution in [1.82, 2.24) is 4.98 Å². The molecule has 32 heavy (non-hydrogen) atoms. The molecule has 0 amide bonds. The number of rotatable bonds is 5. The second kappa shape index (κ2) is 8.33. The molecule has 0 saturated carbocycles. The molecule has 156 valence electrons. The molecule has 0 aliphatic rings. The summed E-state index contributed by atoms with van der Waals surface area (Å²) in [7, 11) is 0. The second-order valence-corrected chi connectivity index (χ2v) is 8.15. The van der Waals surface area contributed by atoms with E-state index in [-0.39, 0.29) is 0 Å². The standard InChI is InChI=1S/C30H25NO/c1-22-17-20-28-27(21-22)26(19-18-23-11-5-2-6-12-23)29(31-28)30(32,24-13-7-3-8-14-24)25-15-9-4-10-16-25/h2-21,31-32H,1H3/b19-18+. The zero-order chi connectivity index (χ0) is 22.0. The summed E-state index contributed by atoms with van der Waals surface area (Å²) in [5, 5.41) is 13.5. The molecule has 0 spiro atoms. The number of H-pyrrole nitrogens is 1. The van der Waals surface area contributed by atoms with Crippen molar-refractivity contribution in [3.05, 3.63) is 143 Å². The van der Waals surface area contributed by atoms with Crippen LogP contribution in [0.1, 0.15) is 33.5 Å². The third kappa shape index (κ3) is 3.55. The van der Waals surface area contributed by atoms with Crippen LogP contribution in [0.3, 0.4) is 0 Å². The molecule has 0 aliphatic heterocycles. The van der Waals surface area contributed by atoms with Gasteiger partial charge in [0, 0.05) is 16.5 Å². The van der Waals surface area contributed by atoms with Gasteiger partial charge in [-0.25, -0.2) is 0 Å². The summed E-state index contributed by atoms with van der Waals surface area (Å²) in [4.78, 5) is 3.56. The van der Waals surface area contributed by atoms with E-state index in [0.29, 0.717) is 0 Å². The van der Waals surface area contributed by atoms with Crippen LogP contribution in [0.5, 0.6) is 0 Å². The molecule has 0 bridgehead atoms. The van der Waals surface area contributed by atoms with Gasteiger partial charge in [-0.3, -0.25) is 0 Å². The minimum Gasteiger partial charge on any atom is -0.375 e. The number of benzene rings is 4. The molecule has 0 saturated heterocycles. The molecule has 5 rings (SSSR count). The predicted molar refractivity (Wildman–Crippen MR) is 133 cm³/mol. The highest BCUT2D eigenvalue weighted by atomic mass is 16.3. The largest absolute Gasteiger partial charge is 0.375 e. The first-order valence-corrected chi connectivity index (χ1v) is 10.9. The smallest absolute Gasteiger partial charge is 0.155 e. The van der Waals surface area contributed by atoms with Crippen molar-refractivity contribution < 1.29 is 5.11 Å². The van der Waals surface area contributed by atoms with E-state index in [1.807, 2.05) is 78.9 Å². The first-order chi connectivity index (χ1) is 15.7. The Kier molecular flexibility index (Phi) is 5.22. The summed E-state index contributed by atoms with van der Waals surface area (Å²) in [5.74, 6) is 0. The van der Waals surface area contributed by atoms with E-state index >= 15 is 0 Å². The minimum atomic E-state index is -1.33. The lowest BCUT2D eigenvalue weighted by atomic mass is 9.81. The van der Waals surface area contributed by atoms with E-state index in [0.717, 1.165) is 38.9 Å². The summed E-state index contributed by atoms with van der Waals surface area (Å²) < 4.78 is 0. The maximum atomic E-state index is 12.4. The van der Waals surface area contributed by atoms with Crippen LogP contribution in [0.4, 0.5) is 0 Å². The normalized spacial score (nSPS) is 11.9. The van der Waals surface area contributed by atoms with E-state index < -0.39 is 5.60 Å². The molecule has 5 aromatic rings. The van der Waals surface area contributed by atoms with E-state index in [2.05, 4.69) is 54.4 Å². The number of fused-ring (bicyclic) bond motifs is 1. The van der Waals surface area contributed by atoms with Crippen molar-refractivity contribution in [2.45, 2.75) is 12.5 Å². The molecule has 4 aromatic carbocycles. The van der Waals surface area contributed by atoms with Gasteiger partial charge in [0.1, 0.15) is 0 Å². The predicted octanol–water partition coefficient (Wildman–Crippen LogP) is 6.93. The van der Waals surface area contributed by atoms with Crippen LogP contribution in [-0.2, 0) is 5.60 Å². The van der Waals surface area contributed by atoms with E-state index in [1.54, 1.807) is 0 Å². The Morgan fingerprint density at radius 1 is 0.688 bits per heavy atom. The van der Waals surface area contributed by atoms with Crippen LogP contribution in [0.15, 0.2) is 109 Å². The van der Waals surface area contributed by atoms with Gasteiger partial charge in [0.25, 0.3) is 0 Å². The second-order valence-electron chi connectivity index (χ2n) is 8.15. The Bertz CT molecular complexity index is 1330. The number of hydrogen-bond donors (Lipinski definition) is 2. The summed E-state index contributed by atoms with van der Waals surface area (Å²) >= 11 is 0. The maximum Gasteiger partial charge on any atom is 0.155 e. The zero-order valence-corrected chi connectivity index (χ0v) is 18.0. The lowest BCUT2D eigenvalue weighted by Crippen LogP contribution is -2.30. The van der Waals surface area contributed by atoms with Crippen molar-refractivity contribution in [3.8, 4) is 0 Å². The van der Waals surface area contributed by atoms with E-state index in [9.17, 15) is 5.11 Å². The van der Waals surface area contributed by atoms with Crippen molar-refractivity contribution in [1.29, 1.82) is 0 Å². The molecule has 0 aliphatic carbocycles. The zero-order valence-electron chi connectivity index (χ0n) is 18.0. The fourth-order valence-corrected chi connectivity index (χ4v) is 4.34. The van der Waals surface area contributed by atoms with Gasteiger partial charge in [-0.2, -0.15) is 0 Å². The molecule has 1 aromatic heterocycles. The number of aromatic amines is 1. The van der Waals surface area contributed by atoms with Gasteiger partial charge in [0.15, 0.2) is 5.60 Å². The van der Waals surface area contributed by atoms with Crippen LogP contribution in [0.25, 0.3) is 23.1 Å². The molecule has 0 radical (unpaired) electrons. The monoisotopic (exact) mass is 415 g/mol. The molecular weight excluding hydrogens is 390 g/mol.